The van der Waals surface area contributed by atoms with Gasteiger partial charge in [0.15, 0.2) is 0 Å². The topological polar surface area (TPSA) is 57.6 Å². The van der Waals surface area contributed by atoms with Crippen molar-refractivity contribution in [2.24, 2.45) is 0 Å². The van der Waals surface area contributed by atoms with Gasteiger partial charge in [-0.25, -0.2) is 4.79 Å². The van der Waals surface area contributed by atoms with Crippen molar-refractivity contribution in [2.75, 3.05) is 4.90 Å². The number of amides is 1. The fraction of sp³-hybridized carbons (Fsp3) is 0.333. The third kappa shape index (κ3) is 1.56. The number of nitrogens with zero attached hydrogens (tertiary/aromatic N) is 1. The quantitative estimate of drug-likeness (QED) is 0.841. The van der Waals surface area contributed by atoms with Crippen molar-refractivity contribution >= 4 is 17.6 Å². The Hall–Kier alpha value is -1.84. The zero-order valence-corrected chi connectivity index (χ0v) is 9.01. The number of hydrogen-bond acceptors (Lipinski definition) is 2. The van der Waals surface area contributed by atoms with Gasteiger partial charge < -0.3 is 5.11 Å². The maximum atomic E-state index is 11.6. The van der Waals surface area contributed by atoms with E-state index in [-0.39, 0.29) is 5.91 Å². The van der Waals surface area contributed by atoms with Gasteiger partial charge in [0.2, 0.25) is 5.91 Å². The minimum Gasteiger partial charge on any atom is -0.479 e. The number of anilines is 1. The van der Waals surface area contributed by atoms with Crippen molar-refractivity contribution < 1.29 is 14.7 Å². The standard InChI is InChI=1S/C12H13NO3/c1-9(14)13(10-5-3-2-4-6-10)12(7-8-12)11(15)16/h2-6H,7-8H2,1H3,(H,15,16). The molecule has 2 rings (SSSR count). The summed E-state index contributed by atoms with van der Waals surface area (Å²) in [5.41, 5.74) is -0.359. The van der Waals surface area contributed by atoms with Crippen LogP contribution in [0.3, 0.4) is 0 Å². The SMILES string of the molecule is CC(=O)N(c1ccccc1)C1(C(=O)O)CC1. The fourth-order valence-electron chi connectivity index (χ4n) is 1.96. The Balaban J connectivity index is 2.40. The van der Waals surface area contributed by atoms with E-state index in [1.54, 1.807) is 24.3 Å². The lowest BCUT2D eigenvalue weighted by Crippen LogP contribution is -2.46. The Kier molecular flexibility index (Phi) is 2.42. The summed E-state index contributed by atoms with van der Waals surface area (Å²) in [7, 11) is 0. The number of carbonyl (C=O) groups is 2. The summed E-state index contributed by atoms with van der Waals surface area (Å²) < 4.78 is 0. The molecule has 1 amide bonds. The van der Waals surface area contributed by atoms with Gasteiger partial charge in [-0.05, 0) is 25.0 Å². The second kappa shape index (κ2) is 3.63. The van der Waals surface area contributed by atoms with Crippen LogP contribution in [0.4, 0.5) is 5.69 Å². The first-order chi connectivity index (χ1) is 7.58. The minimum atomic E-state index is -1.01. The van der Waals surface area contributed by atoms with E-state index in [0.717, 1.165) is 0 Å². The second-order valence-corrected chi connectivity index (χ2v) is 4.03. The van der Waals surface area contributed by atoms with Crippen LogP contribution in [0.2, 0.25) is 0 Å². The Labute approximate surface area is 93.5 Å². The highest BCUT2D eigenvalue weighted by molar-refractivity contribution is 6.02. The highest BCUT2D eigenvalue weighted by Crippen LogP contribution is 2.44. The van der Waals surface area contributed by atoms with Crippen LogP contribution in [-0.4, -0.2) is 22.5 Å². The van der Waals surface area contributed by atoms with Crippen LogP contribution < -0.4 is 4.90 Å². The third-order valence-electron chi connectivity index (χ3n) is 2.88. The molecule has 1 aromatic rings. The molecule has 1 N–H and O–H groups in total. The lowest BCUT2D eigenvalue weighted by atomic mass is 10.1. The van der Waals surface area contributed by atoms with Crippen molar-refractivity contribution in [3.8, 4) is 0 Å². The number of para-hydroxylation sites is 1. The van der Waals surface area contributed by atoms with Gasteiger partial charge >= 0.3 is 5.97 Å². The molecule has 0 radical (unpaired) electrons. The largest absolute Gasteiger partial charge is 0.479 e. The van der Waals surface area contributed by atoms with Crippen molar-refractivity contribution in [3.63, 3.8) is 0 Å². The maximum Gasteiger partial charge on any atom is 0.330 e. The van der Waals surface area contributed by atoms with Gasteiger partial charge in [-0.3, -0.25) is 9.69 Å². The van der Waals surface area contributed by atoms with Crippen molar-refractivity contribution in [3.05, 3.63) is 30.3 Å². The molecule has 0 aromatic heterocycles. The number of rotatable bonds is 3. The first-order valence-corrected chi connectivity index (χ1v) is 5.17. The summed E-state index contributed by atoms with van der Waals surface area (Å²) in [6, 6.07) is 8.93. The van der Waals surface area contributed by atoms with E-state index in [1.807, 2.05) is 6.07 Å². The summed E-state index contributed by atoms with van der Waals surface area (Å²) in [5.74, 6) is -1.15. The smallest absolute Gasteiger partial charge is 0.330 e. The highest BCUT2D eigenvalue weighted by atomic mass is 16.4. The first-order valence-electron chi connectivity index (χ1n) is 5.17. The average Bonchev–Trinajstić information content (AvgIpc) is 3.00. The first kappa shape index (κ1) is 10.7. The number of carbonyl (C=O) groups excluding carboxylic acids is 1. The molecule has 4 heteroatoms. The van der Waals surface area contributed by atoms with E-state index >= 15 is 0 Å². The molecule has 4 nitrogen and oxygen atoms in total. The van der Waals surface area contributed by atoms with E-state index in [2.05, 4.69) is 0 Å². The molecule has 0 aliphatic heterocycles. The summed E-state index contributed by atoms with van der Waals surface area (Å²) in [6.07, 6.45) is 1.05. The van der Waals surface area contributed by atoms with Crippen LogP contribution >= 0.6 is 0 Å². The van der Waals surface area contributed by atoms with Crippen LogP contribution in [0.5, 0.6) is 0 Å². The lowest BCUT2D eigenvalue weighted by Gasteiger charge is -2.27. The molecular weight excluding hydrogens is 206 g/mol. The number of carboxylic acids is 1. The molecule has 1 saturated carbocycles. The van der Waals surface area contributed by atoms with Crippen LogP contribution in [-0.2, 0) is 9.59 Å². The van der Waals surface area contributed by atoms with E-state index in [4.69, 9.17) is 0 Å². The third-order valence-corrected chi connectivity index (χ3v) is 2.88. The van der Waals surface area contributed by atoms with Crippen LogP contribution in [0.15, 0.2) is 30.3 Å². The van der Waals surface area contributed by atoms with Crippen molar-refractivity contribution in [1.29, 1.82) is 0 Å². The zero-order chi connectivity index (χ0) is 11.8. The highest BCUT2D eigenvalue weighted by Gasteiger charge is 2.56. The van der Waals surface area contributed by atoms with E-state index in [1.165, 1.54) is 11.8 Å². The summed E-state index contributed by atoms with van der Waals surface area (Å²) >= 11 is 0. The van der Waals surface area contributed by atoms with Gasteiger partial charge in [-0.1, -0.05) is 18.2 Å². The molecule has 1 fully saturated rings. The Bertz CT molecular complexity index is 423. The van der Waals surface area contributed by atoms with Gasteiger partial charge in [0.1, 0.15) is 5.54 Å². The molecule has 0 unspecified atom stereocenters. The molecule has 16 heavy (non-hydrogen) atoms. The second-order valence-electron chi connectivity index (χ2n) is 4.03. The number of benzene rings is 1. The van der Waals surface area contributed by atoms with Gasteiger partial charge in [0.05, 0.1) is 0 Å². The number of carboxylic acid groups (broad SMARTS) is 1. The normalized spacial score (nSPS) is 16.6. The van der Waals surface area contributed by atoms with Gasteiger partial charge in [-0.15, -0.1) is 0 Å². The predicted octanol–water partition coefficient (Wildman–Crippen LogP) is 1.66. The van der Waals surface area contributed by atoms with Gasteiger partial charge in [-0.2, -0.15) is 0 Å². The monoisotopic (exact) mass is 219 g/mol. The maximum absolute atomic E-state index is 11.6. The zero-order valence-electron chi connectivity index (χ0n) is 9.01. The van der Waals surface area contributed by atoms with E-state index < -0.39 is 11.5 Å². The number of hydrogen-bond donors (Lipinski definition) is 1. The fourth-order valence-corrected chi connectivity index (χ4v) is 1.96. The van der Waals surface area contributed by atoms with Gasteiger partial charge in [0, 0.05) is 12.6 Å². The van der Waals surface area contributed by atoms with Crippen LogP contribution in [0.1, 0.15) is 19.8 Å². The molecule has 1 aromatic carbocycles. The molecule has 1 aliphatic carbocycles. The van der Waals surface area contributed by atoms with E-state index in [9.17, 15) is 14.7 Å². The molecule has 0 spiro atoms. The van der Waals surface area contributed by atoms with E-state index in [0.29, 0.717) is 18.5 Å². The summed E-state index contributed by atoms with van der Waals surface area (Å²) in [4.78, 5) is 24.2. The predicted molar refractivity (Wildman–Crippen MR) is 59.2 cm³/mol. The number of aliphatic carboxylic acids is 1. The van der Waals surface area contributed by atoms with Crippen molar-refractivity contribution in [2.45, 2.75) is 25.3 Å². The minimum absolute atomic E-state index is 0.230. The molecule has 0 bridgehead atoms. The molecule has 0 atom stereocenters. The Morgan fingerprint density at radius 3 is 2.19 bits per heavy atom. The summed E-state index contributed by atoms with van der Waals surface area (Å²) in [5, 5.41) is 9.19. The molecule has 1 aliphatic rings. The van der Waals surface area contributed by atoms with Crippen LogP contribution in [0.25, 0.3) is 0 Å². The lowest BCUT2D eigenvalue weighted by molar-refractivity contribution is -0.141. The Morgan fingerprint density at radius 2 is 1.81 bits per heavy atom. The summed E-state index contributed by atoms with van der Waals surface area (Å²) in [6.45, 7) is 1.40. The molecular formula is C12H13NO3. The van der Waals surface area contributed by atoms with Crippen LogP contribution in [0, 0.1) is 0 Å². The Morgan fingerprint density at radius 1 is 1.25 bits per heavy atom. The van der Waals surface area contributed by atoms with Crippen molar-refractivity contribution in [1.82, 2.24) is 0 Å². The molecule has 0 saturated heterocycles. The van der Waals surface area contributed by atoms with Gasteiger partial charge in [0.25, 0.3) is 0 Å². The average molecular weight is 219 g/mol. The molecule has 0 heterocycles. The molecule has 84 valence electrons.